The summed E-state index contributed by atoms with van der Waals surface area (Å²) in [6.45, 7) is 2.21. The number of hydrazone groups is 1. The van der Waals surface area contributed by atoms with Crippen molar-refractivity contribution < 1.29 is 5.11 Å². The molecule has 3 rings (SSSR count). The number of fused-ring (bicyclic) bond motifs is 1. The van der Waals surface area contributed by atoms with Crippen LogP contribution in [0.5, 0.6) is 0 Å². The molecular formula is C19H26N2O. The topological polar surface area (TPSA) is 44.6 Å². The lowest BCUT2D eigenvalue weighted by molar-refractivity contribution is 0.145. The van der Waals surface area contributed by atoms with Gasteiger partial charge in [0.25, 0.3) is 0 Å². The van der Waals surface area contributed by atoms with Crippen molar-refractivity contribution in [2.45, 2.75) is 58.0 Å². The lowest BCUT2D eigenvalue weighted by Crippen LogP contribution is -2.28. The molecule has 1 aliphatic carbocycles. The number of allylic oxidation sites excluding steroid dienone is 1. The number of aliphatic hydroxyl groups is 1. The predicted octanol–water partition coefficient (Wildman–Crippen LogP) is 3.77. The molecule has 1 saturated carbocycles. The van der Waals surface area contributed by atoms with Crippen LogP contribution in [0.1, 0.15) is 56.6 Å². The summed E-state index contributed by atoms with van der Waals surface area (Å²) in [5.74, 6) is 0.408. The van der Waals surface area contributed by atoms with E-state index in [2.05, 4.69) is 41.7 Å². The molecule has 2 atom stereocenters. The van der Waals surface area contributed by atoms with Gasteiger partial charge in [-0.25, -0.2) is 0 Å². The first kappa shape index (κ1) is 15.3. The number of benzene rings is 1. The van der Waals surface area contributed by atoms with Crippen molar-refractivity contribution in [3.8, 4) is 0 Å². The van der Waals surface area contributed by atoms with Gasteiger partial charge in [-0.2, -0.15) is 5.10 Å². The highest BCUT2D eigenvalue weighted by molar-refractivity contribution is 6.04. The van der Waals surface area contributed by atoms with Crippen LogP contribution >= 0.6 is 0 Å². The number of rotatable bonds is 3. The molecule has 0 amide bonds. The van der Waals surface area contributed by atoms with E-state index in [0.717, 1.165) is 44.2 Å². The Bertz CT molecular complexity index is 559. The standard InChI is InChI=1S/C19H26N2O/c1-2-4-14-7-9-15(10-8-14)19-18-6-3-5-17(22)12-11-16(18)13-20-21-19/h7-10,13,17-18,20,22H,2-6,11-12H2,1H3. The van der Waals surface area contributed by atoms with Crippen LogP contribution in [0.4, 0.5) is 0 Å². The van der Waals surface area contributed by atoms with Gasteiger partial charge in [0.15, 0.2) is 0 Å². The number of nitrogens with zero attached hydrogens (tertiary/aromatic N) is 1. The number of hydrogen-bond donors (Lipinski definition) is 2. The summed E-state index contributed by atoms with van der Waals surface area (Å²) < 4.78 is 0. The lowest BCUT2D eigenvalue weighted by Gasteiger charge is -2.29. The summed E-state index contributed by atoms with van der Waals surface area (Å²) in [6.07, 6.45) is 9.11. The Morgan fingerprint density at radius 1 is 1.18 bits per heavy atom. The molecule has 3 nitrogen and oxygen atoms in total. The normalized spacial score (nSPS) is 25.2. The molecule has 3 heteroatoms. The number of aryl methyl sites for hydroxylation is 1. The van der Waals surface area contributed by atoms with Gasteiger partial charge in [-0.05, 0) is 55.2 Å². The smallest absolute Gasteiger partial charge is 0.0751 e. The molecule has 2 N–H and O–H groups in total. The first-order valence-corrected chi connectivity index (χ1v) is 8.57. The van der Waals surface area contributed by atoms with Gasteiger partial charge in [-0.1, -0.05) is 37.6 Å². The van der Waals surface area contributed by atoms with Gasteiger partial charge in [0.05, 0.1) is 11.8 Å². The van der Waals surface area contributed by atoms with Crippen LogP contribution in [-0.4, -0.2) is 16.9 Å². The summed E-state index contributed by atoms with van der Waals surface area (Å²) in [5, 5.41) is 14.5. The van der Waals surface area contributed by atoms with Crippen molar-refractivity contribution in [3.63, 3.8) is 0 Å². The van der Waals surface area contributed by atoms with E-state index in [1.807, 2.05) is 6.20 Å². The van der Waals surface area contributed by atoms with Crippen molar-refractivity contribution in [3.05, 3.63) is 47.2 Å². The predicted molar refractivity (Wildman–Crippen MR) is 90.8 cm³/mol. The van der Waals surface area contributed by atoms with Gasteiger partial charge in [0.1, 0.15) is 0 Å². The van der Waals surface area contributed by atoms with Crippen molar-refractivity contribution in [1.82, 2.24) is 5.43 Å². The van der Waals surface area contributed by atoms with Gasteiger partial charge in [-0.15, -0.1) is 0 Å². The van der Waals surface area contributed by atoms with Crippen molar-refractivity contribution >= 4 is 5.71 Å². The van der Waals surface area contributed by atoms with Crippen LogP contribution in [0.2, 0.25) is 0 Å². The van der Waals surface area contributed by atoms with Crippen LogP contribution in [0.3, 0.4) is 0 Å². The zero-order chi connectivity index (χ0) is 15.4. The molecule has 1 fully saturated rings. The van der Waals surface area contributed by atoms with Crippen LogP contribution in [0, 0.1) is 5.92 Å². The quantitative estimate of drug-likeness (QED) is 0.892. The van der Waals surface area contributed by atoms with E-state index >= 15 is 0 Å². The number of aliphatic hydroxyl groups excluding tert-OH is 1. The molecule has 2 aliphatic rings. The largest absolute Gasteiger partial charge is 0.393 e. The Labute approximate surface area is 133 Å². The average Bonchev–Trinajstić information content (AvgIpc) is 2.52. The molecule has 0 saturated heterocycles. The number of hydrogen-bond acceptors (Lipinski definition) is 3. The third-order valence-electron chi connectivity index (χ3n) is 4.80. The van der Waals surface area contributed by atoms with Crippen LogP contribution in [0.25, 0.3) is 0 Å². The van der Waals surface area contributed by atoms with Gasteiger partial charge >= 0.3 is 0 Å². The van der Waals surface area contributed by atoms with Gasteiger partial charge in [0, 0.05) is 12.1 Å². The Kier molecular flexibility index (Phi) is 4.94. The van der Waals surface area contributed by atoms with E-state index in [0.29, 0.717) is 5.92 Å². The first-order chi connectivity index (χ1) is 10.8. The Morgan fingerprint density at radius 2 is 2.00 bits per heavy atom. The molecule has 22 heavy (non-hydrogen) atoms. The average molecular weight is 298 g/mol. The van der Waals surface area contributed by atoms with Crippen molar-refractivity contribution in [2.24, 2.45) is 11.0 Å². The Morgan fingerprint density at radius 3 is 2.77 bits per heavy atom. The summed E-state index contributed by atoms with van der Waals surface area (Å²) in [7, 11) is 0. The van der Waals surface area contributed by atoms with Crippen LogP contribution in [-0.2, 0) is 6.42 Å². The summed E-state index contributed by atoms with van der Waals surface area (Å²) >= 11 is 0. The van der Waals surface area contributed by atoms with E-state index in [-0.39, 0.29) is 6.10 Å². The second-order valence-electron chi connectivity index (χ2n) is 6.47. The van der Waals surface area contributed by atoms with E-state index < -0.39 is 0 Å². The highest BCUT2D eigenvalue weighted by atomic mass is 16.3. The molecular weight excluding hydrogens is 272 g/mol. The minimum Gasteiger partial charge on any atom is -0.393 e. The fourth-order valence-corrected chi connectivity index (χ4v) is 3.54. The maximum atomic E-state index is 9.89. The maximum absolute atomic E-state index is 9.89. The molecule has 0 spiro atoms. The second kappa shape index (κ2) is 7.10. The Hall–Kier alpha value is -1.61. The summed E-state index contributed by atoms with van der Waals surface area (Å²) in [6, 6.07) is 8.88. The zero-order valence-corrected chi connectivity index (χ0v) is 13.4. The highest BCUT2D eigenvalue weighted by Gasteiger charge is 2.27. The fourth-order valence-electron chi connectivity index (χ4n) is 3.54. The highest BCUT2D eigenvalue weighted by Crippen LogP contribution is 2.32. The molecule has 0 bridgehead atoms. The zero-order valence-electron chi connectivity index (χ0n) is 13.4. The molecule has 0 radical (unpaired) electrons. The minimum atomic E-state index is -0.141. The van der Waals surface area contributed by atoms with Gasteiger partial charge in [0.2, 0.25) is 0 Å². The SMILES string of the molecule is CCCc1ccc(C2=NNC=C3CCC(O)CCCC32)cc1. The van der Waals surface area contributed by atoms with Gasteiger partial charge in [-0.3, -0.25) is 5.43 Å². The maximum Gasteiger partial charge on any atom is 0.0751 e. The molecule has 118 valence electrons. The lowest BCUT2D eigenvalue weighted by atomic mass is 9.80. The first-order valence-electron chi connectivity index (χ1n) is 8.57. The van der Waals surface area contributed by atoms with Crippen LogP contribution in [0.15, 0.2) is 41.1 Å². The van der Waals surface area contributed by atoms with Crippen molar-refractivity contribution in [2.75, 3.05) is 0 Å². The molecule has 1 aromatic carbocycles. The minimum absolute atomic E-state index is 0.141. The monoisotopic (exact) mass is 298 g/mol. The summed E-state index contributed by atoms with van der Waals surface area (Å²) in [5.41, 5.74) is 8.26. The molecule has 1 heterocycles. The molecule has 1 aliphatic heterocycles. The van der Waals surface area contributed by atoms with E-state index in [4.69, 9.17) is 0 Å². The fraction of sp³-hybridized carbons (Fsp3) is 0.526. The number of nitrogens with one attached hydrogen (secondary N) is 1. The Balaban J connectivity index is 1.79. The van der Waals surface area contributed by atoms with Crippen LogP contribution < -0.4 is 5.43 Å². The molecule has 1 aromatic rings. The molecule has 2 unspecified atom stereocenters. The summed E-state index contributed by atoms with van der Waals surface area (Å²) in [4.78, 5) is 0. The molecule has 0 aromatic heterocycles. The van der Waals surface area contributed by atoms with E-state index in [9.17, 15) is 5.11 Å². The van der Waals surface area contributed by atoms with Crippen molar-refractivity contribution in [1.29, 1.82) is 0 Å². The van der Waals surface area contributed by atoms with Gasteiger partial charge < -0.3 is 5.11 Å². The third-order valence-corrected chi connectivity index (χ3v) is 4.80. The third kappa shape index (κ3) is 3.41. The van der Waals surface area contributed by atoms with E-state index in [1.54, 1.807) is 0 Å². The van der Waals surface area contributed by atoms with E-state index in [1.165, 1.54) is 23.1 Å². The second-order valence-corrected chi connectivity index (χ2v) is 6.47.